The molecule has 112 valence electrons. The molecule has 20 heavy (non-hydrogen) atoms. The van der Waals surface area contributed by atoms with E-state index in [4.69, 9.17) is 0 Å². The molecule has 0 bridgehead atoms. The lowest BCUT2D eigenvalue weighted by atomic mass is 10.3. The fraction of sp³-hybridized carbons (Fsp3) is 0.538. The highest BCUT2D eigenvalue weighted by Gasteiger charge is 2.30. The predicted molar refractivity (Wildman–Crippen MR) is 85.8 cm³/mol. The minimum Gasteiger partial charge on any atom is -0.329 e. The summed E-state index contributed by atoms with van der Waals surface area (Å²) in [6.45, 7) is 8.11. The van der Waals surface area contributed by atoms with E-state index >= 15 is 0 Å². The summed E-state index contributed by atoms with van der Waals surface area (Å²) in [5.74, 6) is 0. The van der Waals surface area contributed by atoms with Crippen molar-refractivity contribution >= 4 is 37.3 Å². The van der Waals surface area contributed by atoms with Gasteiger partial charge in [0, 0.05) is 0 Å². The summed E-state index contributed by atoms with van der Waals surface area (Å²) >= 11 is 4.59. The van der Waals surface area contributed by atoms with Gasteiger partial charge in [0.2, 0.25) is 0 Å². The Morgan fingerprint density at radius 3 is 2.55 bits per heavy atom. The molecule has 0 saturated carbocycles. The summed E-state index contributed by atoms with van der Waals surface area (Å²) in [5.41, 5.74) is 1.32. The van der Waals surface area contributed by atoms with Crippen molar-refractivity contribution in [3.63, 3.8) is 0 Å². The third-order valence-electron chi connectivity index (χ3n) is 3.37. The zero-order valence-corrected chi connectivity index (χ0v) is 14.9. The molecule has 2 heterocycles. The first-order valence-corrected chi connectivity index (χ1v) is 9.67. The Bertz CT molecular complexity index is 583. The summed E-state index contributed by atoms with van der Waals surface area (Å²) in [6, 6.07) is 3.46. The van der Waals surface area contributed by atoms with Crippen molar-refractivity contribution in [2.45, 2.75) is 18.1 Å². The van der Waals surface area contributed by atoms with Gasteiger partial charge in [-0.1, -0.05) is 5.57 Å². The Morgan fingerprint density at radius 2 is 2.05 bits per heavy atom. The molecule has 1 aliphatic heterocycles. The third-order valence-corrected chi connectivity index (χ3v) is 7.36. The number of piperazine rings is 1. The van der Waals surface area contributed by atoms with E-state index in [1.807, 2.05) is 0 Å². The number of hydrogen-bond donors (Lipinski definition) is 1. The van der Waals surface area contributed by atoms with Gasteiger partial charge in [0.25, 0.3) is 10.0 Å². The predicted octanol–water partition coefficient (Wildman–Crippen LogP) is 1.37. The van der Waals surface area contributed by atoms with E-state index in [9.17, 15) is 8.42 Å². The van der Waals surface area contributed by atoms with Gasteiger partial charge in [-0.25, -0.2) is 8.42 Å². The first kappa shape index (κ1) is 16.2. The van der Waals surface area contributed by atoms with Crippen LogP contribution in [0.3, 0.4) is 0 Å². The van der Waals surface area contributed by atoms with Gasteiger partial charge < -0.3 is 4.90 Å². The number of nitrogens with one attached hydrogen (secondary N) is 1. The lowest BCUT2D eigenvalue weighted by Crippen LogP contribution is -3.14. The molecular weight excluding hydrogens is 360 g/mol. The summed E-state index contributed by atoms with van der Waals surface area (Å²) < 4.78 is 27.8. The van der Waals surface area contributed by atoms with Crippen molar-refractivity contribution in [2.24, 2.45) is 0 Å². The van der Waals surface area contributed by atoms with Crippen molar-refractivity contribution in [1.82, 2.24) is 4.31 Å². The monoisotopic (exact) mass is 379 g/mol. The van der Waals surface area contributed by atoms with Crippen LogP contribution in [0.1, 0.15) is 13.8 Å². The van der Waals surface area contributed by atoms with E-state index < -0.39 is 10.0 Å². The van der Waals surface area contributed by atoms with Crippen LogP contribution in [0, 0.1) is 0 Å². The minimum atomic E-state index is -3.30. The Balaban J connectivity index is 1.98. The van der Waals surface area contributed by atoms with E-state index in [0.717, 1.165) is 23.4 Å². The van der Waals surface area contributed by atoms with Gasteiger partial charge >= 0.3 is 0 Å². The molecule has 1 fully saturated rings. The molecule has 7 heteroatoms. The van der Waals surface area contributed by atoms with E-state index in [1.165, 1.54) is 21.8 Å². The average molecular weight is 380 g/mol. The van der Waals surface area contributed by atoms with Crippen LogP contribution in [0.15, 0.2) is 31.8 Å². The highest BCUT2D eigenvalue weighted by Crippen LogP contribution is 2.28. The standard InChI is InChI=1S/C13H19BrN2O2S2/c1-11(2)5-6-15-7-9-16(10-8-15)20(17,18)13-4-3-12(14)19-13/h3-5H,6-10H2,1-2H3/p+1. The number of rotatable bonds is 4. The molecule has 0 aromatic carbocycles. The Kier molecular flexibility index (Phi) is 5.42. The zero-order chi connectivity index (χ0) is 14.8. The second-order valence-electron chi connectivity index (χ2n) is 5.20. The Hall–Kier alpha value is -0.210. The molecule has 2 rings (SSSR count). The lowest BCUT2D eigenvalue weighted by molar-refractivity contribution is -0.897. The first-order valence-electron chi connectivity index (χ1n) is 6.62. The van der Waals surface area contributed by atoms with Crippen molar-refractivity contribution in [3.05, 3.63) is 27.6 Å². The molecule has 1 aliphatic rings. The van der Waals surface area contributed by atoms with Gasteiger partial charge in [-0.3, -0.25) is 0 Å². The molecule has 0 atom stereocenters. The van der Waals surface area contributed by atoms with Gasteiger partial charge in [0.1, 0.15) is 4.21 Å². The number of hydrogen-bond acceptors (Lipinski definition) is 3. The maximum Gasteiger partial charge on any atom is 0.252 e. The van der Waals surface area contributed by atoms with Crippen molar-refractivity contribution in [1.29, 1.82) is 0 Å². The van der Waals surface area contributed by atoms with Crippen LogP contribution in [0.4, 0.5) is 0 Å². The maximum absolute atomic E-state index is 12.5. The number of sulfonamides is 1. The second kappa shape index (κ2) is 6.70. The Morgan fingerprint density at radius 1 is 1.40 bits per heavy atom. The van der Waals surface area contributed by atoms with E-state index in [-0.39, 0.29) is 0 Å². The molecule has 0 radical (unpaired) electrons. The average Bonchev–Trinajstić information content (AvgIpc) is 2.84. The molecule has 4 nitrogen and oxygen atoms in total. The van der Waals surface area contributed by atoms with Crippen molar-refractivity contribution in [3.8, 4) is 0 Å². The topological polar surface area (TPSA) is 41.8 Å². The fourth-order valence-corrected chi connectivity index (χ4v) is 5.76. The maximum atomic E-state index is 12.5. The SMILES string of the molecule is CC(C)=CC[NH+]1CCN(S(=O)(=O)c2ccc(Br)s2)CC1. The van der Waals surface area contributed by atoms with Gasteiger partial charge in [-0.15, -0.1) is 11.3 Å². The van der Waals surface area contributed by atoms with Crippen molar-refractivity contribution in [2.75, 3.05) is 32.7 Å². The fourth-order valence-electron chi connectivity index (χ4n) is 2.16. The molecule has 1 N–H and O–H groups in total. The van der Waals surface area contributed by atoms with Gasteiger partial charge in [-0.05, 0) is 48.0 Å². The van der Waals surface area contributed by atoms with E-state index in [1.54, 1.807) is 16.4 Å². The first-order chi connectivity index (χ1) is 9.39. The second-order valence-corrected chi connectivity index (χ2v) is 9.83. The smallest absolute Gasteiger partial charge is 0.252 e. The van der Waals surface area contributed by atoms with Gasteiger partial charge in [0.15, 0.2) is 0 Å². The number of thiophene rings is 1. The molecule has 1 saturated heterocycles. The molecule has 0 aliphatic carbocycles. The van der Waals surface area contributed by atoms with E-state index in [0.29, 0.717) is 17.3 Å². The Labute approximate surface area is 133 Å². The highest BCUT2D eigenvalue weighted by atomic mass is 79.9. The summed E-state index contributed by atoms with van der Waals surface area (Å²) in [7, 11) is -3.30. The summed E-state index contributed by atoms with van der Waals surface area (Å²) in [5, 5.41) is 0. The molecule has 0 unspecified atom stereocenters. The van der Waals surface area contributed by atoms with Gasteiger partial charge in [-0.2, -0.15) is 4.31 Å². The molecular formula is C13H20BrN2O2S2+. The van der Waals surface area contributed by atoms with Gasteiger partial charge in [0.05, 0.1) is 36.5 Å². The number of nitrogens with zero attached hydrogens (tertiary/aromatic N) is 1. The number of halogens is 1. The molecule has 1 aromatic heterocycles. The molecule has 1 aromatic rings. The molecule has 0 spiro atoms. The zero-order valence-electron chi connectivity index (χ0n) is 11.7. The van der Waals surface area contributed by atoms with Crippen molar-refractivity contribution < 1.29 is 13.3 Å². The number of quaternary nitrogens is 1. The van der Waals surface area contributed by atoms with Crippen LogP contribution >= 0.6 is 27.3 Å². The highest BCUT2D eigenvalue weighted by molar-refractivity contribution is 9.11. The summed E-state index contributed by atoms with van der Waals surface area (Å²) in [6.07, 6.45) is 2.22. The van der Waals surface area contributed by atoms with Crippen LogP contribution in [0.5, 0.6) is 0 Å². The van der Waals surface area contributed by atoms with Crippen LogP contribution in [0.2, 0.25) is 0 Å². The third kappa shape index (κ3) is 3.92. The number of allylic oxidation sites excluding steroid dienone is 1. The minimum absolute atomic E-state index is 0.428. The molecule has 0 amide bonds. The lowest BCUT2D eigenvalue weighted by Gasteiger charge is -2.30. The van der Waals surface area contributed by atoms with Crippen LogP contribution in [-0.4, -0.2) is 45.4 Å². The quantitative estimate of drug-likeness (QED) is 0.802. The largest absolute Gasteiger partial charge is 0.329 e. The van der Waals surface area contributed by atoms with E-state index in [2.05, 4.69) is 35.9 Å². The van der Waals surface area contributed by atoms with Crippen LogP contribution in [-0.2, 0) is 10.0 Å². The van der Waals surface area contributed by atoms with Crippen LogP contribution < -0.4 is 4.90 Å². The van der Waals surface area contributed by atoms with Crippen LogP contribution in [0.25, 0.3) is 0 Å². The summed E-state index contributed by atoms with van der Waals surface area (Å²) in [4.78, 5) is 1.45. The normalized spacial score (nSPS) is 18.1.